The van der Waals surface area contributed by atoms with E-state index in [-0.39, 0.29) is 12.5 Å². The largest absolute Gasteiger partial charge is 0.497 e. The molecule has 10 heteroatoms. The van der Waals surface area contributed by atoms with Gasteiger partial charge in [0.25, 0.3) is 11.8 Å². The van der Waals surface area contributed by atoms with Crippen LogP contribution in [0.15, 0.2) is 46.9 Å². The third kappa shape index (κ3) is 3.78. The molecule has 0 aliphatic carbocycles. The van der Waals surface area contributed by atoms with Gasteiger partial charge < -0.3 is 24.7 Å². The van der Waals surface area contributed by atoms with Gasteiger partial charge in [-0.3, -0.25) is 19.8 Å². The summed E-state index contributed by atoms with van der Waals surface area (Å²) in [6, 6.07) is 12.5. The molecule has 3 aliphatic rings. The van der Waals surface area contributed by atoms with Gasteiger partial charge in [-0.1, -0.05) is 12.1 Å². The predicted octanol–water partition coefficient (Wildman–Crippen LogP) is 1.54. The smallest absolute Gasteiger partial charge is 0.322 e. The maximum atomic E-state index is 13.2. The number of rotatable bonds is 6. The van der Waals surface area contributed by atoms with Crippen LogP contribution in [0.1, 0.15) is 27.2 Å². The van der Waals surface area contributed by atoms with Crippen molar-refractivity contribution >= 4 is 28.8 Å². The van der Waals surface area contributed by atoms with Crippen LogP contribution in [0.5, 0.6) is 5.75 Å². The zero-order valence-corrected chi connectivity index (χ0v) is 19.9. The Morgan fingerprint density at radius 2 is 1.89 bits per heavy atom. The van der Waals surface area contributed by atoms with E-state index in [1.165, 1.54) is 0 Å². The van der Waals surface area contributed by atoms with Gasteiger partial charge in [-0.15, -0.1) is 0 Å². The number of carbonyl (C=O) groups is 3. The van der Waals surface area contributed by atoms with Gasteiger partial charge in [0.05, 0.1) is 13.7 Å². The minimum Gasteiger partial charge on any atom is -0.497 e. The van der Waals surface area contributed by atoms with Crippen molar-refractivity contribution < 1.29 is 23.5 Å². The minimum atomic E-state index is -1.53. The number of amides is 4. The van der Waals surface area contributed by atoms with Crippen molar-refractivity contribution in [3.63, 3.8) is 0 Å². The fraction of sp³-hybridized carbons (Fsp3) is 0.346. The highest BCUT2D eigenvalue weighted by Crippen LogP contribution is 2.35. The molecule has 0 spiro atoms. The summed E-state index contributed by atoms with van der Waals surface area (Å²) in [5.41, 5.74) is 1.59. The molecule has 2 aromatic carbocycles. The first-order valence-electron chi connectivity index (χ1n) is 12.0. The first-order chi connectivity index (χ1) is 17.4. The lowest BCUT2D eigenvalue weighted by Crippen LogP contribution is -2.52. The monoisotopic (exact) mass is 489 g/mol. The average Bonchev–Trinajstić information content (AvgIpc) is 3.53. The van der Waals surface area contributed by atoms with E-state index < -0.39 is 17.5 Å². The highest BCUT2D eigenvalue weighted by molar-refractivity contribution is 6.08. The van der Waals surface area contributed by atoms with E-state index in [1.807, 2.05) is 18.2 Å². The molecule has 4 heterocycles. The minimum absolute atomic E-state index is 0.0616. The number of nitrogens with one attached hydrogen (secondary N) is 3. The zero-order valence-electron chi connectivity index (χ0n) is 19.9. The molecule has 0 saturated carbocycles. The number of ether oxygens (including phenoxy) is 1. The first-order valence-corrected chi connectivity index (χ1v) is 12.0. The normalized spacial score (nSPS) is 22.1. The topological polar surface area (TPSA) is 116 Å². The highest BCUT2D eigenvalue weighted by Gasteiger charge is 2.53. The summed E-state index contributed by atoms with van der Waals surface area (Å²) in [4.78, 5) is 42.6. The van der Waals surface area contributed by atoms with Crippen LogP contribution in [0.3, 0.4) is 0 Å². The Morgan fingerprint density at radius 1 is 1.06 bits per heavy atom. The van der Waals surface area contributed by atoms with Gasteiger partial charge in [0, 0.05) is 50.2 Å². The molecule has 3 aromatic rings. The van der Waals surface area contributed by atoms with Gasteiger partial charge in [0.2, 0.25) is 0 Å². The van der Waals surface area contributed by atoms with Crippen molar-refractivity contribution in [1.82, 2.24) is 25.8 Å². The number of fused-ring (bicyclic) bond motifs is 2. The van der Waals surface area contributed by atoms with Gasteiger partial charge >= 0.3 is 6.03 Å². The standard InChI is InChI=1S/C26H27N5O5/c1-35-19-4-3-17-14-31(23(32)20(17)12-19)15-26(24(33)28-25(34)29-26)22-11-18-10-16(2-5-21(18)36-22)13-30-8-6-27-7-9-30/h2-5,10-12,27H,6-9,13-15H2,1H3,(H2,28,29,33,34)/t26-/m0/s1. The van der Waals surface area contributed by atoms with Crippen LogP contribution >= 0.6 is 0 Å². The second-order valence-corrected chi connectivity index (χ2v) is 9.51. The summed E-state index contributed by atoms with van der Waals surface area (Å²) in [5.74, 6) is 0.0987. The number of piperazine rings is 1. The van der Waals surface area contributed by atoms with E-state index in [4.69, 9.17) is 9.15 Å². The Morgan fingerprint density at radius 3 is 2.64 bits per heavy atom. The molecule has 2 fully saturated rings. The average molecular weight is 490 g/mol. The molecule has 0 unspecified atom stereocenters. The lowest BCUT2D eigenvalue weighted by molar-refractivity contribution is -0.125. The number of imide groups is 1. The van der Waals surface area contributed by atoms with Crippen LogP contribution in [0.25, 0.3) is 11.0 Å². The second-order valence-electron chi connectivity index (χ2n) is 9.51. The number of benzene rings is 2. The van der Waals surface area contributed by atoms with E-state index in [0.29, 0.717) is 29.2 Å². The molecule has 2 saturated heterocycles. The van der Waals surface area contributed by atoms with Crippen molar-refractivity contribution in [3.8, 4) is 5.75 Å². The quantitative estimate of drug-likeness (QED) is 0.450. The predicted molar refractivity (Wildman–Crippen MR) is 130 cm³/mol. The Bertz CT molecular complexity index is 1380. The Balaban J connectivity index is 1.31. The summed E-state index contributed by atoms with van der Waals surface area (Å²) in [7, 11) is 1.54. The van der Waals surface area contributed by atoms with Gasteiger partial charge in [0.15, 0.2) is 5.54 Å². The fourth-order valence-electron chi connectivity index (χ4n) is 5.26. The highest BCUT2D eigenvalue weighted by atomic mass is 16.5. The summed E-state index contributed by atoms with van der Waals surface area (Å²) in [6.07, 6.45) is 0. The van der Waals surface area contributed by atoms with E-state index in [2.05, 4.69) is 26.9 Å². The molecule has 4 amide bonds. The molecule has 36 heavy (non-hydrogen) atoms. The van der Waals surface area contributed by atoms with Gasteiger partial charge in [0.1, 0.15) is 17.1 Å². The van der Waals surface area contributed by atoms with Gasteiger partial charge in [-0.2, -0.15) is 0 Å². The Labute approximate surface area is 207 Å². The Kier molecular flexibility index (Phi) is 5.42. The lowest BCUT2D eigenvalue weighted by atomic mass is 9.95. The number of hydrogen-bond donors (Lipinski definition) is 3. The van der Waals surface area contributed by atoms with Crippen LogP contribution in [0.2, 0.25) is 0 Å². The van der Waals surface area contributed by atoms with Crippen LogP contribution in [-0.4, -0.2) is 67.5 Å². The molecule has 6 rings (SSSR count). The second kappa shape index (κ2) is 8.65. The zero-order chi connectivity index (χ0) is 24.9. The van der Waals surface area contributed by atoms with E-state index >= 15 is 0 Å². The number of carbonyl (C=O) groups excluding carboxylic acids is 3. The number of nitrogens with zero attached hydrogens (tertiary/aromatic N) is 2. The van der Waals surface area contributed by atoms with Crippen molar-refractivity contribution in [1.29, 1.82) is 0 Å². The lowest BCUT2D eigenvalue weighted by Gasteiger charge is -2.29. The molecule has 1 aromatic heterocycles. The molecule has 3 aliphatic heterocycles. The number of methoxy groups -OCH3 is 1. The number of hydrogen-bond acceptors (Lipinski definition) is 7. The van der Waals surface area contributed by atoms with E-state index in [9.17, 15) is 14.4 Å². The molecule has 186 valence electrons. The van der Waals surface area contributed by atoms with E-state index in [1.54, 1.807) is 30.2 Å². The third-order valence-corrected chi connectivity index (χ3v) is 7.18. The fourth-order valence-corrected chi connectivity index (χ4v) is 5.26. The maximum absolute atomic E-state index is 13.2. The Hall–Kier alpha value is -3.89. The van der Waals surface area contributed by atoms with Crippen molar-refractivity contribution in [2.24, 2.45) is 0 Å². The third-order valence-electron chi connectivity index (χ3n) is 7.18. The van der Waals surface area contributed by atoms with Crippen LogP contribution in [0.4, 0.5) is 4.79 Å². The molecular weight excluding hydrogens is 462 g/mol. The maximum Gasteiger partial charge on any atom is 0.322 e. The SMILES string of the molecule is COc1ccc2c(c1)C(=O)N(C[C@@]1(c3cc4cc(CN5CCNCC5)ccc4o3)NC(=O)NC1=O)C2. The molecule has 1 atom stereocenters. The van der Waals surface area contributed by atoms with Crippen molar-refractivity contribution in [2.75, 3.05) is 39.8 Å². The molecule has 10 nitrogen and oxygen atoms in total. The van der Waals surface area contributed by atoms with Crippen LogP contribution < -0.4 is 20.7 Å². The molecule has 3 N–H and O–H groups in total. The molecule has 0 bridgehead atoms. The van der Waals surface area contributed by atoms with Crippen molar-refractivity contribution in [2.45, 2.75) is 18.6 Å². The van der Waals surface area contributed by atoms with Crippen molar-refractivity contribution in [3.05, 3.63) is 64.9 Å². The summed E-state index contributed by atoms with van der Waals surface area (Å²) < 4.78 is 11.4. The summed E-state index contributed by atoms with van der Waals surface area (Å²) in [6.45, 7) is 5.00. The summed E-state index contributed by atoms with van der Waals surface area (Å²) in [5, 5.41) is 9.27. The number of urea groups is 1. The van der Waals surface area contributed by atoms with Crippen LogP contribution in [-0.2, 0) is 23.4 Å². The number of furan rings is 1. The first kappa shape index (κ1) is 22.6. The van der Waals surface area contributed by atoms with E-state index in [0.717, 1.165) is 49.2 Å². The summed E-state index contributed by atoms with van der Waals surface area (Å²) >= 11 is 0. The molecule has 0 radical (unpaired) electrons. The van der Waals surface area contributed by atoms with Gasteiger partial charge in [-0.05, 0) is 41.5 Å². The van der Waals surface area contributed by atoms with Gasteiger partial charge in [-0.25, -0.2) is 4.79 Å². The van der Waals surface area contributed by atoms with Crippen LogP contribution in [0, 0.1) is 0 Å². The molecular formula is C26H27N5O5.